The molecule has 1 aliphatic rings. The van der Waals surface area contributed by atoms with Gasteiger partial charge in [0.05, 0.1) is 29.5 Å². The van der Waals surface area contributed by atoms with Crippen LogP contribution in [0.2, 0.25) is 5.02 Å². The normalized spacial score (nSPS) is 15.5. The molecule has 3 aromatic rings. The van der Waals surface area contributed by atoms with Crippen molar-refractivity contribution in [2.75, 3.05) is 11.4 Å². The number of aryl methyl sites for hydroxylation is 1. The Labute approximate surface area is 164 Å². The van der Waals surface area contributed by atoms with Gasteiger partial charge in [0, 0.05) is 29.2 Å². The number of nitrogens with two attached hydrogens (primary N) is 1. The molecule has 0 saturated carbocycles. The highest BCUT2D eigenvalue weighted by atomic mass is 35.5. The van der Waals surface area contributed by atoms with Crippen LogP contribution in [-0.4, -0.2) is 34.3 Å². The quantitative estimate of drug-likeness (QED) is 0.653. The van der Waals surface area contributed by atoms with Gasteiger partial charge in [-0.3, -0.25) is 19.4 Å². The summed E-state index contributed by atoms with van der Waals surface area (Å²) in [5.74, 6) is -0.943. The van der Waals surface area contributed by atoms with Gasteiger partial charge in [0.2, 0.25) is 12.3 Å². The van der Waals surface area contributed by atoms with E-state index in [2.05, 4.69) is 10.3 Å². The zero-order valence-electron chi connectivity index (χ0n) is 14.8. The third-order valence-electron chi connectivity index (χ3n) is 4.87. The van der Waals surface area contributed by atoms with Crippen LogP contribution in [0.25, 0.3) is 10.9 Å². The number of nitrogens with zero attached hydrogens (tertiary/aromatic N) is 3. The van der Waals surface area contributed by atoms with Gasteiger partial charge in [0.1, 0.15) is 5.69 Å². The van der Waals surface area contributed by atoms with E-state index in [1.54, 1.807) is 29.8 Å². The number of primary amides is 1. The van der Waals surface area contributed by atoms with Crippen molar-refractivity contribution in [2.24, 2.45) is 12.8 Å². The summed E-state index contributed by atoms with van der Waals surface area (Å²) in [6.07, 6.45) is 1.98. The Morgan fingerprint density at radius 1 is 1.32 bits per heavy atom. The highest BCUT2D eigenvalue weighted by Gasteiger charge is 2.32. The lowest BCUT2D eigenvalue weighted by atomic mass is 10.1. The molecule has 0 spiro atoms. The molecule has 2 aromatic heterocycles. The number of benzene rings is 1. The van der Waals surface area contributed by atoms with Crippen LogP contribution in [0.4, 0.5) is 5.69 Å². The number of pyridine rings is 1. The molecule has 8 nitrogen and oxygen atoms in total. The van der Waals surface area contributed by atoms with Crippen molar-refractivity contribution in [1.82, 2.24) is 14.9 Å². The van der Waals surface area contributed by atoms with E-state index < -0.39 is 11.9 Å². The Bertz CT molecular complexity index is 1140. The van der Waals surface area contributed by atoms with Gasteiger partial charge in [0.25, 0.3) is 5.91 Å². The Kier molecular flexibility index (Phi) is 4.27. The van der Waals surface area contributed by atoms with Crippen LogP contribution < -0.4 is 16.0 Å². The number of hydrogen-bond donors (Lipinski definition) is 2. The van der Waals surface area contributed by atoms with Crippen LogP contribution in [-0.2, 0) is 11.8 Å². The molecule has 4 rings (SSSR count). The van der Waals surface area contributed by atoms with Gasteiger partial charge in [-0.2, -0.15) is 0 Å². The Morgan fingerprint density at radius 2 is 2.11 bits per heavy atom. The summed E-state index contributed by atoms with van der Waals surface area (Å²) < 4.78 is 1.76. The number of amides is 3. The Hall–Kier alpha value is -3.39. The monoisotopic (exact) mass is 397 g/mol. The van der Waals surface area contributed by atoms with Crippen molar-refractivity contribution in [3.8, 4) is 0 Å². The first kappa shape index (κ1) is 18.0. The molecule has 0 fully saturated rings. The molecular formula is C19H16ClN5O3. The van der Waals surface area contributed by atoms with Gasteiger partial charge >= 0.3 is 0 Å². The molecular weight excluding hydrogens is 382 g/mol. The third-order valence-corrected chi connectivity index (χ3v) is 5.11. The molecule has 3 heterocycles. The zero-order valence-corrected chi connectivity index (χ0v) is 15.6. The molecule has 3 amide bonds. The molecule has 1 unspecified atom stereocenters. The minimum absolute atomic E-state index is 0.197. The van der Waals surface area contributed by atoms with Crippen LogP contribution in [0, 0.1) is 0 Å². The second-order valence-electron chi connectivity index (χ2n) is 6.57. The molecule has 3 N–H and O–H groups in total. The van der Waals surface area contributed by atoms with E-state index in [4.69, 9.17) is 17.3 Å². The number of nitrogens with one attached hydrogen (secondary N) is 1. The van der Waals surface area contributed by atoms with Crippen molar-refractivity contribution in [2.45, 2.75) is 6.04 Å². The van der Waals surface area contributed by atoms with Crippen molar-refractivity contribution in [1.29, 1.82) is 0 Å². The average Bonchev–Trinajstić information content (AvgIpc) is 3.19. The lowest BCUT2D eigenvalue weighted by Crippen LogP contribution is -2.33. The van der Waals surface area contributed by atoms with Crippen LogP contribution in [0.5, 0.6) is 0 Å². The Balaban J connectivity index is 1.65. The SMILES string of the molecule is Cn1c(C(=O)NC2CN(C=O)c3cc(C(N)=O)cnc32)cc2ccc(Cl)cc21. The summed E-state index contributed by atoms with van der Waals surface area (Å²) in [5.41, 5.74) is 7.74. The molecule has 1 aromatic carbocycles. The number of carbonyl (C=O) groups is 3. The van der Waals surface area contributed by atoms with Crippen LogP contribution in [0.1, 0.15) is 32.6 Å². The summed E-state index contributed by atoms with van der Waals surface area (Å²) in [5, 5.41) is 4.38. The van der Waals surface area contributed by atoms with E-state index in [0.717, 1.165) is 10.9 Å². The van der Waals surface area contributed by atoms with E-state index in [9.17, 15) is 14.4 Å². The number of carbonyl (C=O) groups excluding carboxylic acids is 3. The molecule has 28 heavy (non-hydrogen) atoms. The fraction of sp³-hybridized carbons (Fsp3) is 0.158. The fourth-order valence-corrected chi connectivity index (χ4v) is 3.61. The van der Waals surface area contributed by atoms with Gasteiger partial charge in [-0.15, -0.1) is 0 Å². The van der Waals surface area contributed by atoms with Crippen LogP contribution in [0.15, 0.2) is 36.5 Å². The number of rotatable bonds is 4. The number of aromatic nitrogens is 2. The van der Waals surface area contributed by atoms with Gasteiger partial charge in [-0.1, -0.05) is 17.7 Å². The lowest BCUT2D eigenvalue weighted by molar-refractivity contribution is -0.107. The van der Waals surface area contributed by atoms with E-state index in [1.807, 2.05) is 6.07 Å². The standard InChI is InChI=1S/C19H16ClN5O3/c1-24-14-6-12(20)3-2-10(14)4-16(24)19(28)23-13-8-25(9-26)15-5-11(18(21)27)7-22-17(13)15/h2-7,9,13H,8H2,1H3,(H2,21,27)(H,23,28). The predicted molar refractivity (Wildman–Crippen MR) is 104 cm³/mol. The van der Waals surface area contributed by atoms with E-state index in [-0.39, 0.29) is 18.0 Å². The van der Waals surface area contributed by atoms with E-state index in [1.165, 1.54) is 17.2 Å². The van der Waals surface area contributed by atoms with Crippen molar-refractivity contribution in [3.05, 3.63) is 58.5 Å². The number of hydrogen-bond acceptors (Lipinski definition) is 4. The summed E-state index contributed by atoms with van der Waals surface area (Å²) in [6, 6.07) is 8.18. The van der Waals surface area contributed by atoms with Crippen LogP contribution in [0.3, 0.4) is 0 Å². The maximum atomic E-state index is 12.9. The molecule has 1 atom stereocenters. The molecule has 0 aliphatic carbocycles. The van der Waals surface area contributed by atoms with E-state index in [0.29, 0.717) is 28.5 Å². The highest BCUT2D eigenvalue weighted by molar-refractivity contribution is 6.31. The third kappa shape index (κ3) is 2.87. The van der Waals surface area contributed by atoms with Crippen molar-refractivity contribution in [3.63, 3.8) is 0 Å². The smallest absolute Gasteiger partial charge is 0.268 e. The fourth-order valence-electron chi connectivity index (χ4n) is 3.45. The molecule has 0 radical (unpaired) electrons. The second kappa shape index (κ2) is 6.65. The van der Waals surface area contributed by atoms with Gasteiger partial charge in [-0.05, 0) is 24.3 Å². The molecule has 1 aliphatic heterocycles. The maximum Gasteiger partial charge on any atom is 0.268 e. The summed E-state index contributed by atoms with van der Waals surface area (Å²) >= 11 is 6.05. The molecule has 142 valence electrons. The number of halogens is 1. The second-order valence-corrected chi connectivity index (χ2v) is 7.00. The first-order valence-corrected chi connectivity index (χ1v) is 8.84. The zero-order chi connectivity index (χ0) is 20.0. The summed E-state index contributed by atoms with van der Waals surface area (Å²) in [6.45, 7) is 0.218. The first-order valence-electron chi connectivity index (χ1n) is 8.46. The lowest BCUT2D eigenvalue weighted by Gasteiger charge is -2.13. The van der Waals surface area contributed by atoms with Crippen molar-refractivity contribution < 1.29 is 14.4 Å². The largest absolute Gasteiger partial charge is 0.366 e. The minimum Gasteiger partial charge on any atom is -0.366 e. The Morgan fingerprint density at radius 3 is 2.82 bits per heavy atom. The average molecular weight is 398 g/mol. The predicted octanol–water partition coefficient (Wildman–Crippen LogP) is 1.77. The van der Waals surface area contributed by atoms with Gasteiger partial charge < -0.3 is 20.5 Å². The summed E-state index contributed by atoms with van der Waals surface area (Å²) in [7, 11) is 1.78. The minimum atomic E-state index is -0.636. The first-order chi connectivity index (χ1) is 13.4. The highest BCUT2D eigenvalue weighted by Crippen LogP contribution is 2.33. The maximum absolute atomic E-state index is 12.9. The van der Waals surface area contributed by atoms with E-state index >= 15 is 0 Å². The van der Waals surface area contributed by atoms with Crippen molar-refractivity contribution >= 4 is 46.4 Å². The molecule has 0 saturated heterocycles. The number of fused-ring (bicyclic) bond motifs is 2. The molecule has 9 heteroatoms. The number of anilines is 1. The summed E-state index contributed by atoms with van der Waals surface area (Å²) in [4.78, 5) is 41.3. The van der Waals surface area contributed by atoms with Gasteiger partial charge in [-0.25, -0.2) is 0 Å². The van der Waals surface area contributed by atoms with Gasteiger partial charge in [0.15, 0.2) is 0 Å². The van der Waals surface area contributed by atoms with Crippen LogP contribution >= 0.6 is 11.6 Å². The topological polar surface area (TPSA) is 110 Å². The molecule has 0 bridgehead atoms.